The van der Waals surface area contributed by atoms with Gasteiger partial charge in [-0.2, -0.15) is 0 Å². The maximum Gasteiger partial charge on any atom is 0.164 e. The van der Waals surface area contributed by atoms with Crippen LogP contribution in [-0.2, 0) is 11.3 Å². The zero-order valence-corrected chi connectivity index (χ0v) is 14.3. The molecule has 6 nitrogen and oxygen atoms in total. The minimum absolute atomic E-state index is 0.0497. The summed E-state index contributed by atoms with van der Waals surface area (Å²) < 4.78 is 7.70. The van der Waals surface area contributed by atoms with Gasteiger partial charge >= 0.3 is 0 Å². The first-order valence-electron chi connectivity index (χ1n) is 8.00. The molecule has 1 aliphatic rings. The molecule has 0 radical (unpaired) electrons. The van der Waals surface area contributed by atoms with E-state index >= 15 is 0 Å². The number of aromatic nitrogens is 4. The van der Waals surface area contributed by atoms with E-state index in [0.29, 0.717) is 6.61 Å². The van der Waals surface area contributed by atoms with Crippen molar-refractivity contribution in [3.63, 3.8) is 0 Å². The van der Waals surface area contributed by atoms with Gasteiger partial charge in [-0.1, -0.05) is 18.2 Å². The quantitative estimate of drug-likeness (QED) is 0.730. The molecule has 1 saturated heterocycles. The van der Waals surface area contributed by atoms with E-state index in [1.54, 1.807) is 17.7 Å². The van der Waals surface area contributed by atoms with Crippen molar-refractivity contribution in [2.24, 2.45) is 0 Å². The fourth-order valence-corrected chi connectivity index (χ4v) is 3.63. The molecule has 0 saturated carbocycles. The summed E-state index contributed by atoms with van der Waals surface area (Å²) in [4.78, 5) is 11.3. The van der Waals surface area contributed by atoms with Crippen LogP contribution in [0.2, 0.25) is 0 Å². The Balaban J connectivity index is 1.43. The number of aryl methyl sites for hydroxylation is 1. The fraction of sp³-hybridized carbons (Fsp3) is 0.353. The second-order valence-electron chi connectivity index (χ2n) is 5.86. The predicted molar refractivity (Wildman–Crippen MR) is 92.2 cm³/mol. The monoisotopic (exact) mass is 341 g/mol. The van der Waals surface area contributed by atoms with Gasteiger partial charge in [0.2, 0.25) is 0 Å². The molecule has 124 valence electrons. The smallest absolute Gasteiger partial charge is 0.164 e. The fourth-order valence-electron chi connectivity index (χ4n) is 2.79. The summed E-state index contributed by atoms with van der Waals surface area (Å²) in [5.74, 6) is 0.829. The second kappa shape index (κ2) is 6.80. The number of hydrogen-bond donors (Lipinski definition) is 0. The number of morpholine rings is 1. The summed E-state index contributed by atoms with van der Waals surface area (Å²) in [6.45, 7) is 5.17. The van der Waals surface area contributed by atoms with Crippen LogP contribution < -0.4 is 0 Å². The molecule has 1 aliphatic heterocycles. The molecule has 3 aromatic rings. The molecule has 1 fully saturated rings. The number of ether oxygens (including phenoxy) is 1. The summed E-state index contributed by atoms with van der Waals surface area (Å²) in [6, 6.07) is 10.0. The molecule has 24 heavy (non-hydrogen) atoms. The molecule has 7 heteroatoms. The van der Waals surface area contributed by atoms with Gasteiger partial charge in [0, 0.05) is 24.2 Å². The Bertz CT molecular complexity index is 800. The highest BCUT2D eigenvalue weighted by atomic mass is 32.1. The van der Waals surface area contributed by atoms with Crippen LogP contribution >= 0.6 is 11.3 Å². The van der Waals surface area contributed by atoms with Crippen LogP contribution in [0.25, 0.3) is 5.69 Å². The summed E-state index contributed by atoms with van der Waals surface area (Å²) in [5, 5.41) is 7.71. The minimum atomic E-state index is 0.0497. The van der Waals surface area contributed by atoms with Crippen LogP contribution in [-0.4, -0.2) is 44.3 Å². The van der Waals surface area contributed by atoms with Gasteiger partial charge in [-0.25, -0.2) is 14.6 Å². The van der Waals surface area contributed by atoms with Crippen molar-refractivity contribution in [1.82, 2.24) is 24.6 Å². The summed E-state index contributed by atoms with van der Waals surface area (Å²) in [6.07, 6.45) is 1.82. The van der Waals surface area contributed by atoms with Crippen LogP contribution in [0.4, 0.5) is 0 Å². The van der Waals surface area contributed by atoms with Gasteiger partial charge in [-0.05, 0) is 19.1 Å². The third kappa shape index (κ3) is 3.38. The van der Waals surface area contributed by atoms with Crippen LogP contribution in [0.3, 0.4) is 0 Å². The third-order valence-electron chi connectivity index (χ3n) is 3.99. The number of nitrogens with zero attached hydrogens (tertiary/aromatic N) is 5. The third-order valence-corrected chi connectivity index (χ3v) is 5.04. The average Bonchev–Trinajstić information content (AvgIpc) is 3.25. The lowest BCUT2D eigenvalue weighted by Crippen LogP contribution is -2.38. The number of para-hydroxylation sites is 1. The van der Waals surface area contributed by atoms with Crippen LogP contribution in [0.15, 0.2) is 42.0 Å². The lowest BCUT2D eigenvalue weighted by atomic mass is 10.3. The zero-order chi connectivity index (χ0) is 16.4. The van der Waals surface area contributed by atoms with Gasteiger partial charge in [-0.15, -0.1) is 16.4 Å². The van der Waals surface area contributed by atoms with E-state index in [-0.39, 0.29) is 6.10 Å². The Labute approximate surface area is 144 Å². The van der Waals surface area contributed by atoms with Gasteiger partial charge in [0.25, 0.3) is 0 Å². The van der Waals surface area contributed by atoms with Crippen LogP contribution in [0.1, 0.15) is 22.6 Å². The lowest BCUT2D eigenvalue weighted by Gasteiger charge is -2.31. The highest BCUT2D eigenvalue weighted by Crippen LogP contribution is 2.25. The van der Waals surface area contributed by atoms with E-state index < -0.39 is 0 Å². The van der Waals surface area contributed by atoms with Gasteiger partial charge in [0.05, 0.1) is 18.8 Å². The molecule has 0 spiro atoms. The zero-order valence-electron chi connectivity index (χ0n) is 13.5. The molecule has 1 aromatic carbocycles. The number of hydrogen-bond acceptors (Lipinski definition) is 6. The van der Waals surface area contributed by atoms with Crippen molar-refractivity contribution < 1.29 is 4.74 Å². The van der Waals surface area contributed by atoms with E-state index in [2.05, 4.69) is 25.3 Å². The van der Waals surface area contributed by atoms with E-state index in [4.69, 9.17) is 4.74 Å². The van der Waals surface area contributed by atoms with Gasteiger partial charge in [-0.3, -0.25) is 4.90 Å². The van der Waals surface area contributed by atoms with Crippen molar-refractivity contribution >= 4 is 11.3 Å². The van der Waals surface area contributed by atoms with Crippen molar-refractivity contribution in [2.75, 3.05) is 19.7 Å². The molecule has 2 aromatic heterocycles. The summed E-state index contributed by atoms with van der Waals surface area (Å²) >= 11 is 1.67. The topological polar surface area (TPSA) is 56.1 Å². The Hall–Kier alpha value is -2.09. The number of rotatable bonds is 4. The van der Waals surface area contributed by atoms with Crippen molar-refractivity contribution in [3.8, 4) is 5.69 Å². The Morgan fingerprint density at radius 1 is 1.29 bits per heavy atom. The maximum absolute atomic E-state index is 5.88. The van der Waals surface area contributed by atoms with E-state index in [0.717, 1.165) is 41.8 Å². The molecule has 3 heterocycles. The largest absolute Gasteiger partial charge is 0.368 e. The number of benzene rings is 1. The van der Waals surface area contributed by atoms with Crippen LogP contribution in [0.5, 0.6) is 0 Å². The maximum atomic E-state index is 5.88. The first kappa shape index (κ1) is 15.4. The van der Waals surface area contributed by atoms with Crippen LogP contribution in [0, 0.1) is 6.92 Å². The molecular formula is C17H19N5OS. The average molecular weight is 341 g/mol. The molecule has 4 rings (SSSR count). The van der Waals surface area contributed by atoms with Crippen molar-refractivity contribution in [2.45, 2.75) is 19.6 Å². The molecule has 0 aliphatic carbocycles. The Morgan fingerprint density at radius 3 is 2.96 bits per heavy atom. The van der Waals surface area contributed by atoms with E-state index in [9.17, 15) is 0 Å². The highest BCUT2D eigenvalue weighted by molar-refractivity contribution is 7.09. The van der Waals surface area contributed by atoms with Gasteiger partial charge in [0.15, 0.2) is 5.82 Å². The minimum Gasteiger partial charge on any atom is -0.368 e. The second-order valence-corrected chi connectivity index (χ2v) is 6.75. The SMILES string of the molecule is Cc1csc([C@@H]2CN(Cc3ncn(-c4ccccc4)n3)CCO2)n1. The highest BCUT2D eigenvalue weighted by Gasteiger charge is 2.25. The van der Waals surface area contributed by atoms with E-state index in [1.807, 2.05) is 41.9 Å². The first-order valence-corrected chi connectivity index (χ1v) is 8.88. The molecular weight excluding hydrogens is 322 g/mol. The molecule has 0 bridgehead atoms. The molecule has 0 N–H and O–H groups in total. The normalized spacial score (nSPS) is 18.8. The van der Waals surface area contributed by atoms with Gasteiger partial charge in [0.1, 0.15) is 17.4 Å². The Kier molecular flexibility index (Phi) is 4.38. The molecule has 0 amide bonds. The molecule has 0 unspecified atom stereocenters. The standard InChI is InChI=1S/C17H19N5OS/c1-13-11-24-17(19-13)15-9-21(7-8-23-15)10-16-18-12-22(20-16)14-5-3-2-4-6-14/h2-6,11-12,15H,7-10H2,1H3/t15-/m0/s1. The van der Waals surface area contributed by atoms with E-state index in [1.165, 1.54) is 0 Å². The molecule has 1 atom stereocenters. The van der Waals surface area contributed by atoms with Gasteiger partial charge < -0.3 is 4.74 Å². The Morgan fingerprint density at radius 2 is 2.17 bits per heavy atom. The first-order chi connectivity index (χ1) is 11.8. The summed E-state index contributed by atoms with van der Waals surface area (Å²) in [5.41, 5.74) is 2.08. The summed E-state index contributed by atoms with van der Waals surface area (Å²) in [7, 11) is 0. The number of thiazole rings is 1. The van der Waals surface area contributed by atoms with Crippen molar-refractivity contribution in [1.29, 1.82) is 0 Å². The van der Waals surface area contributed by atoms with Crippen molar-refractivity contribution in [3.05, 3.63) is 58.6 Å². The lowest BCUT2D eigenvalue weighted by molar-refractivity contribution is -0.0337. The predicted octanol–water partition coefficient (Wildman–Crippen LogP) is 2.61.